The SMILES string of the molecule is Cc1ccc(Nc2ncnc(N(CCC#N)CCC#N)c2[N+](=O)[O-])cc1C. The summed E-state index contributed by atoms with van der Waals surface area (Å²) in [5, 5.41) is 32.4. The van der Waals surface area contributed by atoms with Gasteiger partial charge < -0.3 is 10.2 Å². The van der Waals surface area contributed by atoms with Crippen LogP contribution in [0, 0.1) is 46.6 Å². The summed E-state index contributed by atoms with van der Waals surface area (Å²) in [5.74, 6) is 0.152. The normalized spacial score (nSPS) is 9.93. The maximum Gasteiger partial charge on any atom is 0.353 e. The first-order chi connectivity index (χ1) is 13.0. The molecule has 0 spiro atoms. The third kappa shape index (κ3) is 4.89. The lowest BCUT2D eigenvalue weighted by molar-refractivity contribution is -0.383. The predicted octanol–water partition coefficient (Wildman–Crippen LogP) is 3.38. The van der Waals surface area contributed by atoms with Gasteiger partial charge in [0.25, 0.3) is 0 Å². The molecule has 27 heavy (non-hydrogen) atoms. The monoisotopic (exact) mass is 365 g/mol. The minimum absolute atomic E-state index is 0.0622. The Bertz CT molecular complexity index is 897. The van der Waals surface area contributed by atoms with Crippen molar-refractivity contribution in [1.29, 1.82) is 10.5 Å². The highest BCUT2D eigenvalue weighted by Crippen LogP contribution is 2.34. The number of nitriles is 2. The quantitative estimate of drug-likeness (QED) is 0.556. The largest absolute Gasteiger partial charge is 0.353 e. The fourth-order valence-corrected chi connectivity index (χ4v) is 2.51. The lowest BCUT2D eigenvalue weighted by Gasteiger charge is -2.21. The van der Waals surface area contributed by atoms with Crippen molar-refractivity contribution in [3.63, 3.8) is 0 Å². The molecule has 2 rings (SSSR count). The maximum absolute atomic E-state index is 11.7. The summed E-state index contributed by atoms with van der Waals surface area (Å²) in [7, 11) is 0. The van der Waals surface area contributed by atoms with Crippen LogP contribution in [0.3, 0.4) is 0 Å². The molecular formula is C18H19N7O2. The molecule has 0 aliphatic rings. The van der Waals surface area contributed by atoms with E-state index in [0.29, 0.717) is 5.69 Å². The second kappa shape index (κ2) is 9.11. The van der Waals surface area contributed by atoms with E-state index in [4.69, 9.17) is 10.5 Å². The molecule has 0 aliphatic heterocycles. The Labute approximate surface area is 157 Å². The molecule has 1 N–H and O–H groups in total. The van der Waals surface area contributed by atoms with E-state index in [9.17, 15) is 10.1 Å². The molecule has 1 heterocycles. The first-order valence-electron chi connectivity index (χ1n) is 8.30. The summed E-state index contributed by atoms with van der Waals surface area (Å²) < 4.78 is 0. The van der Waals surface area contributed by atoms with E-state index in [-0.39, 0.29) is 43.3 Å². The number of nitrogens with one attached hydrogen (secondary N) is 1. The van der Waals surface area contributed by atoms with Crippen LogP contribution in [0.2, 0.25) is 0 Å². The Morgan fingerprint density at radius 1 is 1.15 bits per heavy atom. The fourth-order valence-electron chi connectivity index (χ4n) is 2.51. The number of nitro groups is 1. The first kappa shape index (κ1) is 19.6. The fraction of sp³-hybridized carbons (Fsp3) is 0.333. The van der Waals surface area contributed by atoms with Gasteiger partial charge in [0.1, 0.15) is 6.33 Å². The number of aryl methyl sites for hydroxylation is 2. The zero-order valence-corrected chi connectivity index (χ0v) is 15.1. The minimum Gasteiger partial charge on any atom is -0.349 e. The third-order valence-electron chi connectivity index (χ3n) is 4.04. The topological polar surface area (TPSA) is 132 Å². The van der Waals surface area contributed by atoms with Gasteiger partial charge in [0, 0.05) is 18.8 Å². The predicted molar refractivity (Wildman–Crippen MR) is 101 cm³/mol. The number of aromatic nitrogens is 2. The van der Waals surface area contributed by atoms with Gasteiger partial charge in [-0.2, -0.15) is 10.5 Å². The van der Waals surface area contributed by atoms with Gasteiger partial charge in [0.05, 0.1) is 29.9 Å². The summed E-state index contributed by atoms with van der Waals surface area (Å²) in [6, 6.07) is 9.62. The number of hydrogen-bond donors (Lipinski definition) is 1. The van der Waals surface area contributed by atoms with Crippen LogP contribution in [0.25, 0.3) is 0 Å². The molecule has 0 atom stereocenters. The Hall–Kier alpha value is -3.72. The second-order valence-electron chi connectivity index (χ2n) is 5.88. The summed E-state index contributed by atoms with van der Waals surface area (Å²) in [6.07, 6.45) is 1.55. The molecule has 0 saturated carbocycles. The Morgan fingerprint density at radius 2 is 1.81 bits per heavy atom. The zero-order chi connectivity index (χ0) is 19.8. The highest BCUT2D eigenvalue weighted by Gasteiger charge is 2.27. The van der Waals surface area contributed by atoms with Gasteiger partial charge in [-0.15, -0.1) is 0 Å². The Kier molecular flexibility index (Phi) is 6.61. The van der Waals surface area contributed by atoms with Crippen molar-refractivity contribution in [3.05, 3.63) is 45.8 Å². The van der Waals surface area contributed by atoms with Crippen LogP contribution in [0.15, 0.2) is 24.5 Å². The minimum atomic E-state index is -0.551. The van der Waals surface area contributed by atoms with Crippen molar-refractivity contribution in [2.75, 3.05) is 23.3 Å². The molecule has 0 bridgehead atoms. The average Bonchev–Trinajstić information content (AvgIpc) is 2.64. The van der Waals surface area contributed by atoms with Crippen molar-refractivity contribution in [1.82, 2.24) is 9.97 Å². The van der Waals surface area contributed by atoms with E-state index in [1.165, 1.54) is 6.33 Å². The Morgan fingerprint density at radius 3 is 2.37 bits per heavy atom. The van der Waals surface area contributed by atoms with Crippen LogP contribution < -0.4 is 10.2 Å². The van der Waals surface area contributed by atoms with E-state index < -0.39 is 4.92 Å². The molecule has 0 saturated heterocycles. The number of anilines is 3. The van der Waals surface area contributed by atoms with Crippen LogP contribution in [0.5, 0.6) is 0 Å². The number of hydrogen-bond acceptors (Lipinski definition) is 8. The third-order valence-corrected chi connectivity index (χ3v) is 4.04. The van der Waals surface area contributed by atoms with Crippen LogP contribution in [-0.2, 0) is 0 Å². The van der Waals surface area contributed by atoms with Crippen LogP contribution >= 0.6 is 0 Å². The number of nitrogens with zero attached hydrogens (tertiary/aromatic N) is 6. The molecule has 0 aliphatic carbocycles. The molecular weight excluding hydrogens is 346 g/mol. The van der Waals surface area contributed by atoms with Crippen molar-refractivity contribution >= 4 is 23.0 Å². The standard InChI is InChI=1S/C18H19N7O2/c1-13-5-6-15(11-14(13)2)23-17-16(25(26)27)18(22-12-21-17)24(9-3-7-19)10-4-8-20/h5-6,11-12H,3-4,9-10H2,1-2H3,(H,21,22,23). The van der Waals surface area contributed by atoms with Crippen LogP contribution in [-0.4, -0.2) is 28.0 Å². The summed E-state index contributed by atoms with van der Waals surface area (Å²) in [6.45, 7) is 4.40. The lowest BCUT2D eigenvalue weighted by atomic mass is 10.1. The van der Waals surface area contributed by atoms with Gasteiger partial charge in [-0.25, -0.2) is 9.97 Å². The molecule has 0 radical (unpaired) electrons. The van der Waals surface area contributed by atoms with E-state index in [1.807, 2.05) is 44.2 Å². The molecule has 0 unspecified atom stereocenters. The summed E-state index contributed by atoms with van der Waals surface area (Å²) in [5.41, 5.74) is 2.54. The molecule has 1 aromatic heterocycles. The van der Waals surface area contributed by atoms with Crippen molar-refractivity contribution < 1.29 is 4.92 Å². The van der Waals surface area contributed by atoms with Gasteiger partial charge in [0.15, 0.2) is 0 Å². The van der Waals surface area contributed by atoms with Crippen molar-refractivity contribution in [3.8, 4) is 12.1 Å². The van der Waals surface area contributed by atoms with Crippen molar-refractivity contribution in [2.45, 2.75) is 26.7 Å². The molecule has 9 nitrogen and oxygen atoms in total. The van der Waals surface area contributed by atoms with Gasteiger partial charge >= 0.3 is 5.69 Å². The van der Waals surface area contributed by atoms with E-state index in [0.717, 1.165) is 11.1 Å². The van der Waals surface area contributed by atoms with Gasteiger partial charge in [-0.05, 0) is 37.1 Å². The van der Waals surface area contributed by atoms with Crippen LogP contribution in [0.1, 0.15) is 24.0 Å². The van der Waals surface area contributed by atoms with E-state index in [2.05, 4.69) is 15.3 Å². The van der Waals surface area contributed by atoms with Gasteiger partial charge in [0.2, 0.25) is 11.6 Å². The summed E-state index contributed by atoms with van der Waals surface area (Å²) in [4.78, 5) is 20.8. The Balaban J connectivity index is 2.45. The summed E-state index contributed by atoms with van der Waals surface area (Å²) >= 11 is 0. The number of benzene rings is 1. The van der Waals surface area contributed by atoms with E-state index in [1.54, 1.807) is 4.90 Å². The smallest absolute Gasteiger partial charge is 0.349 e. The molecule has 1 aromatic carbocycles. The van der Waals surface area contributed by atoms with Crippen molar-refractivity contribution in [2.24, 2.45) is 0 Å². The molecule has 0 fully saturated rings. The molecule has 138 valence electrons. The molecule has 9 heteroatoms. The maximum atomic E-state index is 11.7. The highest BCUT2D eigenvalue weighted by molar-refractivity contribution is 5.74. The first-order valence-corrected chi connectivity index (χ1v) is 8.30. The average molecular weight is 365 g/mol. The highest BCUT2D eigenvalue weighted by atomic mass is 16.6. The molecule has 2 aromatic rings. The lowest BCUT2D eigenvalue weighted by Crippen LogP contribution is -2.27. The van der Waals surface area contributed by atoms with Gasteiger partial charge in [-0.3, -0.25) is 10.1 Å². The number of rotatable bonds is 8. The second-order valence-corrected chi connectivity index (χ2v) is 5.88. The van der Waals surface area contributed by atoms with Crippen LogP contribution in [0.4, 0.5) is 23.0 Å². The van der Waals surface area contributed by atoms with Gasteiger partial charge in [-0.1, -0.05) is 6.07 Å². The molecule has 0 amide bonds. The van der Waals surface area contributed by atoms with E-state index >= 15 is 0 Å². The zero-order valence-electron chi connectivity index (χ0n) is 15.1.